The molecule has 1 aromatic carbocycles. The van der Waals surface area contributed by atoms with Crippen molar-refractivity contribution in [1.29, 1.82) is 0 Å². The van der Waals surface area contributed by atoms with E-state index in [4.69, 9.17) is 43.0 Å². The quantitative estimate of drug-likeness (QED) is 0.166. The normalized spacial score (nSPS) is 10.9. The van der Waals surface area contributed by atoms with E-state index in [-0.39, 0.29) is 25.8 Å². The van der Waals surface area contributed by atoms with Gasteiger partial charge in [-0.15, -0.1) is 0 Å². The Morgan fingerprint density at radius 2 is 0.882 bits per heavy atom. The number of carbonyl (C=O) groups excluding carboxylic acids is 1. The van der Waals surface area contributed by atoms with Gasteiger partial charge in [-0.2, -0.15) is 0 Å². The van der Waals surface area contributed by atoms with E-state index in [1.54, 1.807) is 24.3 Å². The van der Waals surface area contributed by atoms with Gasteiger partial charge in [0.25, 0.3) is 0 Å². The van der Waals surface area contributed by atoms with Gasteiger partial charge in [-0.05, 0) is 12.1 Å². The Morgan fingerprint density at radius 3 is 1.26 bits per heavy atom. The molecule has 0 amide bonds. The molecule has 0 spiro atoms. The zero-order valence-corrected chi connectivity index (χ0v) is 19.5. The Morgan fingerprint density at radius 1 is 0.529 bits per heavy atom. The summed E-state index contributed by atoms with van der Waals surface area (Å²) in [5.74, 6) is -1.36. The van der Waals surface area contributed by atoms with Gasteiger partial charge < -0.3 is 43.0 Å². The number of hydrogen-bond acceptors (Lipinski definition) is 10. The zero-order chi connectivity index (χ0) is 24.5. The molecular weight excluding hydrogens is 452 g/mol. The van der Waals surface area contributed by atoms with Gasteiger partial charge in [0.05, 0.1) is 91.5 Å². The zero-order valence-electron chi connectivity index (χ0n) is 19.5. The lowest BCUT2D eigenvalue weighted by atomic mass is 10.2. The molecule has 0 aliphatic rings. The third-order valence-electron chi connectivity index (χ3n) is 3.93. The van der Waals surface area contributed by atoms with Crippen LogP contribution in [0.1, 0.15) is 10.4 Å². The molecule has 194 valence electrons. The van der Waals surface area contributed by atoms with E-state index in [2.05, 4.69) is 0 Å². The monoisotopic (exact) mass is 488 g/mol. The van der Waals surface area contributed by atoms with Gasteiger partial charge in [-0.3, -0.25) is 0 Å². The highest BCUT2D eigenvalue weighted by atomic mass is 16.6. The molecule has 11 nitrogen and oxygen atoms in total. The van der Waals surface area contributed by atoms with Crippen LogP contribution in [0.15, 0.2) is 30.3 Å². The maximum Gasteiger partial charge on any atom is 0.338 e. The average molecular weight is 489 g/mol. The van der Waals surface area contributed by atoms with Gasteiger partial charge in [-0.25, -0.2) is 9.59 Å². The van der Waals surface area contributed by atoms with E-state index in [0.717, 1.165) is 0 Å². The number of esters is 1. The predicted molar refractivity (Wildman–Crippen MR) is 120 cm³/mol. The lowest BCUT2D eigenvalue weighted by molar-refractivity contribution is -0.142. The minimum atomic E-state index is -0.999. The largest absolute Gasteiger partial charge is 0.480 e. The Kier molecular flexibility index (Phi) is 19.9. The molecule has 0 radical (unpaired) electrons. The average Bonchev–Trinajstić information content (AvgIpc) is 2.84. The minimum Gasteiger partial charge on any atom is -0.480 e. The van der Waals surface area contributed by atoms with Crippen molar-refractivity contribution in [3.05, 3.63) is 35.9 Å². The van der Waals surface area contributed by atoms with Crippen LogP contribution < -0.4 is 0 Å². The van der Waals surface area contributed by atoms with Gasteiger partial charge in [0.15, 0.2) is 0 Å². The number of carbonyl (C=O) groups is 2. The molecule has 0 aromatic heterocycles. The summed E-state index contributed by atoms with van der Waals surface area (Å²) in [6, 6.07) is 8.81. The third kappa shape index (κ3) is 19.4. The number of benzene rings is 1. The minimum absolute atomic E-state index is 0.196. The lowest BCUT2D eigenvalue weighted by Crippen LogP contribution is -2.15. The molecule has 0 bridgehead atoms. The van der Waals surface area contributed by atoms with Gasteiger partial charge >= 0.3 is 11.9 Å². The second kappa shape index (κ2) is 22.7. The topological polar surface area (TPSA) is 128 Å². The molecule has 34 heavy (non-hydrogen) atoms. The molecule has 1 N–H and O–H groups in total. The summed E-state index contributed by atoms with van der Waals surface area (Å²) >= 11 is 0. The lowest BCUT2D eigenvalue weighted by Gasteiger charge is -2.08. The molecule has 0 heterocycles. The number of ether oxygens (including phenoxy) is 8. The van der Waals surface area contributed by atoms with E-state index in [9.17, 15) is 9.59 Å². The summed E-state index contributed by atoms with van der Waals surface area (Å²) in [6.07, 6.45) is 0. The van der Waals surface area contributed by atoms with Crippen molar-refractivity contribution in [2.45, 2.75) is 0 Å². The van der Waals surface area contributed by atoms with Crippen LogP contribution in [0.25, 0.3) is 0 Å². The fourth-order valence-corrected chi connectivity index (χ4v) is 2.33. The first-order valence-electron chi connectivity index (χ1n) is 11.2. The molecule has 1 rings (SSSR count). The summed E-state index contributed by atoms with van der Waals surface area (Å²) in [4.78, 5) is 21.9. The molecular formula is C23H36O11. The van der Waals surface area contributed by atoms with E-state index in [1.165, 1.54) is 0 Å². The highest BCUT2D eigenvalue weighted by Crippen LogP contribution is 2.00. The van der Waals surface area contributed by atoms with Crippen LogP contribution in [0.2, 0.25) is 0 Å². The molecule has 11 heteroatoms. The number of aliphatic carboxylic acids is 1. The maximum absolute atomic E-state index is 11.7. The van der Waals surface area contributed by atoms with Gasteiger partial charge in [0, 0.05) is 0 Å². The standard InChI is InChI=1S/C23H36O11/c24-22(25)20-33-17-16-31-13-12-29-9-8-27-6-7-28-10-11-30-14-15-32-18-19-34-23(26)21-4-2-1-3-5-21/h1-5H,6-20H2,(H,24,25). The van der Waals surface area contributed by atoms with Crippen molar-refractivity contribution >= 4 is 11.9 Å². The molecule has 1 aromatic rings. The van der Waals surface area contributed by atoms with E-state index in [1.807, 2.05) is 6.07 Å². The first-order chi connectivity index (χ1) is 16.7. The second-order valence-corrected chi connectivity index (χ2v) is 6.62. The van der Waals surface area contributed by atoms with Crippen LogP contribution in [-0.4, -0.2) is 116 Å². The molecule has 0 fully saturated rings. The van der Waals surface area contributed by atoms with Crippen LogP contribution in [0, 0.1) is 0 Å². The predicted octanol–water partition coefficient (Wildman–Crippen LogP) is 1.04. The van der Waals surface area contributed by atoms with Crippen molar-refractivity contribution in [1.82, 2.24) is 0 Å². The van der Waals surface area contributed by atoms with Gasteiger partial charge in [0.2, 0.25) is 0 Å². The smallest absolute Gasteiger partial charge is 0.338 e. The van der Waals surface area contributed by atoms with Crippen molar-refractivity contribution < 1.29 is 52.6 Å². The molecule has 0 aliphatic heterocycles. The Labute approximate surface area is 200 Å². The molecule has 0 aliphatic carbocycles. The third-order valence-corrected chi connectivity index (χ3v) is 3.93. The number of hydrogen-bond donors (Lipinski definition) is 1. The van der Waals surface area contributed by atoms with Crippen molar-refractivity contribution in [2.24, 2.45) is 0 Å². The van der Waals surface area contributed by atoms with Crippen LogP contribution in [-0.2, 0) is 42.7 Å². The van der Waals surface area contributed by atoms with Gasteiger partial charge in [-0.1, -0.05) is 18.2 Å². The number of rotatable bonds is 24. The molecule has 0 unspecified atom stereocenters. The Balaban J connectivity index is 1.69. The maximum atomic E-state index is 11.7. The summed E-state index contributed by atoms with van der Waals surface area (Å²) in [5, 5.41) is 8.39. The fraction of sp³-hybridized carbons (Fsp3) is 0.652. The summed E-state index contributed by atoms with van der Waals surface area (Å²) < 4.78 is 42.0. The van der Waals surface area contributed by atoms with Crippen molar-refractivity contribution in [2.75, 3.05) is 99.1 Å². The summed E-state index contributed by atoms with van der Waals surface area (Å²) in [5.41, 5.74) is 0.519. The second-order valence-electron chi connectivity index (χ2n) is 6.62. The van der Waals surface area contributed by atoms with Crippen molar-refractivity contribution in [3.8, 4) is 0 Å². The van der Waals surface area contributed by atoms with E-state index in [0.29, 0.717) is 84.8 Å². The SMILES string of the molecule is O=C(O)COCCOCCOCCOCCOCCOCCOCCOC(=O)c1ccccc1. The summed E-state index contributed by atoms with van der Waals surface area (Å²) in [7, 11) is 0. The Hall–Kier alpha value is -2.12. The van der Waals surface area contributed by atoms with Crippen LogP contribution in [0.3, 0.4) is 0 Å². The highest BCUT2D eigenvalue weighted by molar-refractivity contribution is 5.89. The number of carboxylic acids is 1. The highest BCUT2D eigenvalue weighted by Gasteiger charge is 2.05. The van der Waals surface area contributed by atoms with Crippen LogP contribution in [0.5, 0.6) is 0 Å². The molecule has 0 saturated carbocycles. The first-order valence-corrected chi connectivity index (χ1v) is 11.2. The van der Waals surface area contributed by atoms with Crippen LogP contribution >= 0.6 is 0 Å². The van der Waals surface area contributed by atoms with Crippen LogP contribution in [0.4, 0.5) is 0 Å². The fourth-order valence-electron chi connectivity index (χ4n) is 2.33. The van der Waals surface area contributed by atoms with Gasteiger partial charge in [0.1, 0.15) is 13.2 Å². The molecule has 0 atom stereocenters. The summed E-state index contributed by atoms with van der Waals surface area (Å²) in [6.45, 7) is 5.19. The van der Waals surface area contributed by atoms with Crippen molar-refractivity contribution in [3.63, 3.8) is 0 Å². The van der Waals surface area contributed by atoms with E-state index < -0.39 is 5.97 Å². The molecule has 0 saturated heterocycles. The Bertz CT molecular complexity index is 612. The van der Waals surface area contributed by atoms with E-state index >= 15 is 0 Å². The number of carboxylic acid groups (broad SMARTS) is 1. The first kappa shape index (κ1) is 29.9.